The summed E-state index contributed by atoms with van der Waals surface area (Å²) in [5.41, 5.74) is 4.07. The van der Waals surface area contributed by atoms with E-state index in [9.17, 15) is 0 Å². The van der Waals surface area contributed by atoms with E-state index in [1.807, 2.05) is 32.0 Å². The van der Waals surface area contributed by atoms with Crippen molar-refractivity contribution in [3.63, 3.8) is 0 Å². The van der Waals surface area contributed by atoms with Gasteiger partial charge in [-0.25, -0.2) is 0 Å². The van der Waals surface area contributed by atoms with Gasteiger partial charge in [0, 0.05) is 5.92 Å². The third-order valence-electron chi connectivity index (χ3n) is 5.10. The third-order valence-corrected chi connectivity index (χ3v) is 5.10. The highest BCUT2D eigenvalue weighted by atomic mass is 14.1. The Morgan fingerprint density at radius 2 is 0.871 bits per heavy atom. The van der Waals surface area contributed by atoms with Crippen molar-refractivity contribution < 1.29 is 0 Å². The van der Waals surface area contributed by atoms with Gasteiger partial charge in [0.25, 0.3) is 0 Å². The molecule has 0 N–H and O–H groups in total. The zero-order chi connectivity index (χ0) is 23.3. The van der Waals surface area contributed by atoms with Gasteiger partial charge in [-0.2, -0.15) is 0 Å². The number of hydrogen-bond acceptors (Lipinski definition) is 0. The fraction of sp³-hybridized carbons (Fsp3) is 0.419. The summed E-state index contributed by atoms with van der Waals surface area (Å²) < 4.78 is 0. The zero-order valence-corrected chi connectivity index (χ0v) is 21.1. The lowest BCUT2D eigenvalue weighted by Crippen LogP contribution is -1.94. The SMILES string of the molecule is CC.CC(c1ccccc1)c1ccccc1.CCCC(C)CCC.Cc1ccccc1. The van der Waals surface area contributed by atoms with Crippen LogP contribution in [-0.2, 0) is 0 Å². The molecule has 31 heavy (non-hydrogen) atoms. The summed E-state index contributed by atoms with van der Waals surface area (Å²) in [5, 5.41) is 0. The summed E-state index contributed by atoms with van der Waals surface area (Å²) in [6, 6.07) is 31.5. The summed E-state index contributed by atoms with van der Waals surface area (Å²) >= 11 is 0. The van der Waals surface area contributed by atoms with E-state index in [1.165, 1.54) is 42.4 Å². The van der Waals surface area contributed by atoms with Crippen LogP contribution in [0.15, 0.2) is 91.0 Å². The van der Waals surface area contributed by atoms with Crippen LogP contribution in [0.1, 0.15) is 89.8 Å². The first-order valence-corrected chi connectivity index (χ1v) is 12.2. The molecule has 0 saturated carbocycles. The Balaban J connectivity index is 0.000000454. The maximum Gasteiger partial charge on any atom is 0.00610 e. The second kappa shape index (κ2) is 19.6. The molecule has 0 spiro atoms. The molecule has 0 aromatic heterocycles. The largest absolute Gasteiger partial charge is 0.0683 e. The van der Waals surface area contributed by atoms with Crippen molar-refractivity contribution in [1.82, 2.24) is 0 Å². The monoisotopic (exact) mass is 418 g/mol. The second-order valence-corrected chi connectivity index (χ2v) is 7.88. The van der Waals surface area contributed by atoms with E-state index in [1.54, 1.807) is 0 Å². The second-order valence-electron chi connectivity index (χ2n) is 7.88. The lowest BCUT2D eigenvalue weighted by Gasteiger charge is -2.11. The molecule has 0 fully saturated rings. The quantitative estimate of drug-likeness (QED) is 0.373. The Bertz CT molecular complexity index is 670. The van der Waals surface area contributed by atoms with Crippen LogP contribution in [0.5, 0.6) is 0 Å². The molecule has 3 aromatic carbocycles. The first-order valence-electron chi connectivity index (χ1n) is 12.2. The van der Waals surface area contributed by atoms with E-state index in [2.05, 4.69) is 107 Å². The van der Waals surface area contributed by atoms with E-state index >= 15 is 0 Å². The predicted octanol–water partition coefficient (Wildman–Crippen LogP) is 10.1. The van der Waals surface area contributed by atoms with Crippen LogP contribution >= 0.6 is 0 Å². The molecule has 0 saturated heterocycles. The molecule has 0 atom stereocenters. The zero-order valence-electron chi connectivity index (χ0n) is 21.1. The lowest BCUT2D eigenvalue weighted by atomic mass is 9.93. The maximum atomic E-state index is 2.34. The molecule has 0 heteroatoms. The minimum atomic E-state index is 0.484. The van der Waals surface area contributed by atoms with Gasteiger partial charge >= 0.3 is 0 Å². The van der Waals surface area contributed by atoms with Crippen molar-refractivity contribution >= 4 is 0 Å². The van der Waals surface area contributed by atoms with Crippen molar-refractivity contribution in [2.45, 2.75) is 80.1 Å². The average Bonchev–Trinajstić information content (AvgIpc) is 2.83. The number of benzene rings is 3. The van der Waals surface area contributed by atoms with Crippen LogP contribution in [-0.4, -0.2) is 0 Å². The predicted molar refractivity (Wildman–Crippen MR) is 142 cm³/mol. The Labute approximate surface area is 193 Å². The van der Waals surface area contributed by atoms with Gasteiger partial charge in [0.05, 0.1) is 0 Å². The van der Waals surface area contributed by atoms with Crippen LogP contribution < -0.4 is 0 Å². The van der Waals surface area contributed by atoms with Gasteiger partial charge in [-0.05, 0) is 24.0 Å². The van der Waals surface area contributed by atoms with E-state index in [0.29, 0.717) is 5.92 Å². The van der Waals surface area contributed by atoms with Gasteiger partial charge in [-0.1, -0.05) is 164 Å². The molecule has 3 aromatic rings. The standard InChI is InChI=1S/C14H14.C8H18.C7H8.C2H6/c1-12(13-8-4-2-5-9-13)14-10-6-3-7-11-14;1-4-6-8(3)7-5-2;1-7-5-3-2-4-6-7;1-2/h2-12H,1H3;8H,4-7H2,1-3H3;2-6H,1H3;1-2H3. The third kappa shape index (κ3) is 14.3. The van der Waals surface area contributed by atoms with Gasteiger partial charge in [0.2, 0.25) is 0 Å². The van der Waals surface area contributed by atoms with E-state index < -0.39 is 0 Å². The molecule has 0 amide bonds. The van der Waals surface area contributed by atoms with Gasteiger partial charge in [-0.3, -0.25) is 0 Å². The van der Waals surface area contributed by atoms with Crippen LogP contribution in [0, 0.1) is 12.8 Å². The summed E-state index contributed by atoms with van der Waals surface area (Å²) in [7, 11) is 0. The fourth-order valence-corrected chi connectivity index (χ4v) is 3.34. The Morgan fingerprint density at radius 1 is 0.548 bits per heavy atom. The van der Waals surface area contributed by atoms with Gasteiger partial charge in [0.15, 0.2) is 0 Å². The molecule has 0 aliphatic carbocycles. The number of rotatable bonds is 6. The summed E-state index contributed by atoms with van der Waals surface area (Å²) in [6.07, 6.45) is 5.52. The smallest absolute Gasteiger partial charge is 0.00610 e. The van der Waals surface area contributed by atoms with Gasteiger partial charge < -0.3 is 0 Å². The summed E-state index contributed by atoms with van der Waals surface area (Å²) in [4.78, 5) is 0. The molecule has 3 rings (SSSR count). The Kier molecular flexibility index (Phi) is 18.1. The molecular weight excluding hydrogens is 372 g/mol. The first-order chi connectivity index (χ1) is 15.1. The van der Waals surface area contributed by atoms with Crippen molar-refractivity contribution in [1.29, 1.82) is 0 Å². The Hall–Kier alpha value is -2.34. The van der Waals surface area contributed by atoms with Crippen molar-refractivity contribution in [3.05, 3.63) is 108 Å². The molecular formula is C31H46. The first kappa shape index (κ1) is 28.7. The number of hydrogen-bond donors (Lipinski definition) is 0. The van der Waals surface area contributed by atoms with Crippen LogP contribution in [0.25, 0.3) is 0 Å². The molecule has 0 nitrogen and oxygen atoms in total. The van der Waals surface area contributed by atoms with Crippen LogP contribution in [0.2, 0.25) is 0 Å². The minimum absolute atomic E-state index is 0.484. The topological polar surface area (TPSA) is 0 Å². The molecule has 170 valence electrons. The highest BCUT2D eigenvalue weighted by Crippen LogP contribution is 2.22. The molecule has 0 heterocycles. The fourth-order valence-electron chi connectivity index (χ4n) is 3.34. The molecule has 0 aliphatic rings. The van der Waals surface area contributed by atoms with Crippen molar-refractivity contribution in [2.24, 2.45) is 5.92 Å². The van der Waals surface area contributed by atoms with Gasteiger partial charge in [-0.15, -0.1) is 0 Å². The Morgan fingerprint density at radius 3 is 1.13 bits per heavy atom. The molecule has 0 aliphatic heterocycles. The maximum absolute atomic E-state index is 2.34. The van der Waals surface area contributed by atoms with Crippen LogP contribution in [0.4, 0.5) is 0 Å². The molecule has 0 radical (unpaired) electrons. The lowest BCUT2D eigenvalue weighted by molar-refractivity contribution is 0.480. The van der Waals surface area contributed by atoms with Crippen LogP contribution in [0.3, 0.4) is 0 Å². The number of aryl methyl sites for hydroxylation is 1. The summed E-state index contributed by atoms with van der Waals surface area (Å²) in [6.45, 7) is 15.2. The van der Waals surface area contributed by atoms with Crippen molar-refractivity contribution in [2.75, 3.05) is 0 Å². The highest BCUT2D eigenvalue weighted by molar-refractivity contribution is 5.31. The van der Waals surface area contributed by atoms with Gasteiger partial charge in [0.1, 0.15) is 0 Å². The van der Waals surface area contributed by atoms with E-state index in [4.69, 9.17) is 0 Å². The highest BCUT2D eigenvalue weighted by Gasteiger charge is 2.05. The summed E-state index contributed by atoms with van der Waals surface area (Å²) in [5.74, 6) is 1.45. The molecule has 0 unspecified atom stereocenters. The normalized spacial score (nSPS) is 9.58. The minimum Gasteiger partial charge on any atom is -0.0683 e. The molecule has 0 bridgehead atoms. The van der Waals surface area contributed by atoms with E-state index in [-0.39, 0.29) is 0 Å². The van der Waals surface area contributed by atoms with E-state index in [0.717, 1.165) is 5.92 Å². The average molecular weight is 419 g/mol. The van der Waals surface area contributed by atoms with Crippen molar-refractivity contribution in [3.8, 4) is 0 Å².